The fraction of sp³-hybridized carbons (Fsp3) is 0.136. The maximum atomic E-state index is 9.96. The second-order valence-electron chi connectivity index (χ2n) is 6.69. The monoisotopic (exact) mass is 389 g/mol. The van der Waals surface area contributed by atoms with Gasteiger partial charge < -0.3 is 21.4 Å². The Balaban J connectivity index is 1.90. The van der Waals surface area contributed by atoms with Gasteiger partial charge in [0.2, 0.25) is 0 Å². The molecule has 0 saturated carbocycles. The minimum Gasteiger partial charge on any atom is -0.507 e. The first-order valence-electron chi connectivity index (χ1n) is 9.08. The van der Waals surface area contributed by atoms with Gasteiger partial charge in [0.1, 0.15) is 11.6 Å². The van der Waals surface area contributed by atoms with Gasteiger partial charge in [-0.2, -0.15) is 5.10 Å². The summed E-state index contributed by atoms with van der Waals surface area (Å²) in [7, 11) is 0. The second kappa shape index (κ2) is 8.53. The molecule has 1 heterocycles. The Morgan fingerprint density at radius 2 is 1.86 bits per heavy atom. The number of para-hydroxylation sites is 1. The molecule has 0 bridgehead atoms. The van der Waals surface area contributed by atoms with E-state index in [-0.39, 0.29) is 29.9 Å². The number of aromatic hydroxyl groups is 1. The number of benzene rings is 2. The SMILES string of the molecule is CC(c1ccc(CO)cc1)n1cc(/C(=C/C(=N)c2ccccc2O)C(=N)N)cn1. The predicted molar refractivity (Wildman–Crippen MR) is 113 cm³/mol. The Labute approximate surface area is 168 Å². The van der Waals surface area contributed by atoms with Gasteiger partial charge in [-0.3, -0.25) is 10.1 Å². The van der Waals surface area contributed by atoms with Gasteiger partial charge in [0, 0.05) is 22.9 Å². The number of rotatable bonds is 7. The van der Waals surface area contributed by atoms with Crippen LogP contribution in [0, 0.1) is 10.8 Å². The molecule has 0 saturated heterocycles. The van der Waals surface area contributed by atoms with Gasteiger partial charge in [0.05, 0.1) is 24.6 Å². The topological polar surface area (TPSA) is 132 Å². The smallest absolute Gasteiger partial charge is 0.124 e. The Bertz CT molecular complexity index is 1070. The Hall–Kier alpha value is -3.71. The number of hydrogen-bond acceptors (Lipinski definition) is 5. The van der Waals surface area contributed by atoms with E-state index >= 15 is 0 Å². The van der Waals surface area contributed by atoms with E-state index in [2.05, 4.69) is 5.10 Å². The third-order valence-corrected chi connectivity index (χ3v) is 4.73. The van der Waals surface area contributed by atoms with Gasteiger partial charge in [-0.05, 0) is 36.3 Å². The van der Waals surface area contributed by atoms with Gasteiger partial charge >= 0.3 is 0 Å². The summed E-state index contributed by atoms with van der Waals surface area (Å²) in [6, 6.07) is 14.1. The molecule has 1 unspecified atom stereocenters. The number of nitrogens with one attached hydrogen (secondary N) is 2. The maximum Gasteiger partial charge on any atom is 0.124 e. The summed E-state index contributed by atoms with van der Waals surface area (Å²) in [6.07, 6.45) is 4.83. The highest BCUT2D eigenvalue weighted by Gasteiger charge is 2.15. The number of aliphatic hydroxyl groups excluding tert-OH is 1. The summed E-state index contributed by atoms with van der Waals surface area (Å²) >= 11 is 0. The molecule has 148 valence electrons. The van der Waals surface area contributed by atoms with Crippen molar-refractivity contribution in [3.05, 3.63) is 89.3 Å². The lowest BCUT2D eigenvalue weighted by atomic mass is 10.0. The minimum atomic E-state index is -0.190. The van der Waals surface area contributed by atoms with E-state index in [1.54, 1.807) is 35.3 Å². The standard InChI is InChI=1S/C22H23N5O2/c1-14(16-8-6-15(13-28)7-9-16)27-12-17(11-26-27)19(22(24)25)10-20(23)18-4-2-3-5-21(18)29/h2-12,14,23,28-29H,13H2,1H3,(H3,24,25)/b19-10-,23-20?. The van der Waals surface area contributed by atoms with E-state index in [4.69, 9.17) is 16.6 Å². The number of phenolic OH excluding ortho intramolecular Hbond substituents is 1. The summed E-state index contributed by atoms with van der Waals surface area (Å²) in [5.41, 5.74) is 8.99. The summed E-state index contributed by atoms with van der Waals surface area (Å²) in [4.78, 5) is 0. The largest absolute Gasteiger partial charge is 0.507 e. The van der Waals surface area contributed by atoms with E-state index in [1.807, 2.05) is 31.2 Å². The first-order chi connectivity index (χ1) is 13.9. The van der Waals surface area contributed by atoms with Gasteiger partial charge in [-0.25, -0.2) is 0 Å². The molecule has 7 heteroatoms. The fourth-order valence-electron chi connectivity index (χ4n) is 2.98. The molecule has 0 radical (unpaired) electrons. The highest BCUT2D eigenvalue weighted by atomic mass is 16.3. The number of hydrogen-bond donors (Lipinski definition) is 5. The molecule has 0 amide bonds. The van der Waals surface area contributed by atoms with Crippen LogP contribution in [-0.2, 0) is 6.61 Å². The molecule has 1 aromatic heterocycles. The quantitative estimate of drug-likeness (QED) is 0.314. The van der Waals surface area contributed by atoms with Crippen molar-refractivity contribution in [2.45, 2.75) is 19.6 Å². The van der Waals surface area contributed by atoms with E-state index in [0.29, 0.717) is 16.7 Å². The van der Waals surface area contributed by atoms with E-state index in [9.17, 15) is 10.2 Å². The fourth-order valence-corrected chi connectivity index (χ4v) is 2.98. The lowest BCUT2D eigenvalue weighted by molar-refractivity contribution is 0.282. The van der Waals surface area contributed by atoms with Crippen molar-refractivity contribution in [3.63, 3.8) is 0 Å². The van der Waals surface area contributed by atoms with Crippen LogP contribution >= 0.6 is 0 Å². The Kier molecular flexibility index (Phi) is 5.90. The number of amidine groups is 1. The van der Waals surface area contributed by atoms with Crippen LogP contribution in [0.2, 0.25) is 0 Å². The number of nitrogens with two attached hydrogens (primary N) is 1. The molecular formula is C22H23N5O2. The number of nitrogens with zero attached hydrogens (tertiary/aromatic N) is 2. The number of aromatic nitrogens is 2. The molecular weight excluding hydrogens is 366 g/mol. The molecule has 6 N–H and O–H groups in total. The highest BCUT2D eigenvalue weighted by molar-refractivity contribution is 6.27. The van der Waals surface area contributed by atoms with E-state index in [0.717, 1.165) is 11.1 Å². The molecule has 29 heavy (non-hydrogen) atoms. The van der Waals surface area contributed by atoms with Crippen molar-refractivity contribution in [2.75, 3.05) is 0 Å². The van der Waals surface area contributed by atoms with Crippen LogP contribution in [0.1, 0.15) is 35.2 Å². The van der Waals surface area contributed by atoms with Crippen LogP contribution in [0.4, 0.5) is 0 Å². The molecule has 2 aromatic carbocycles. The summed E-state index contributed by atoms with van der Waals surface area (Å²) in [5.74, 6) is -0.197. The number of allylic oxidation sites excluding steroid dienone is 1. The lowest BCUT2D eigenvalue weighted by Crippen LogP contribution is -2.13. The maximum absolute atomic E-state index is 9.96. The van der Waals surface area contributed by atoms with Crippen LogP contribution in [-0.4, -0.2) is 31.5 Å². The molecule has 0 spiro atoms. The predicted octanol–water partition coefficient (Wildman–Crippen LogP) is 3.08. The van der Waals surface area contributed by atoms with Crippen molar-refractivity contribution in [1.29, 1.82) is 10.8 Å². The zero-order chi connectivity index (χ0) is 21.0. The van der Waals surface area contributed by atoms with Crippen molar-refractivity contribution in [2.24, 2.45) is 5.73 Å². The van der Waals surface area contributed by atoms with E-state index < -0.39 is 0 Å². The molecule has 3 aromatic rings. The van der Waals surface area contributed by atoms with Crippen molar-refractivity contribution in [1.82, 2.24) is 9.78 Å². The second-order valence-corrected chi connectivity index (χ2v) is 6.69. The van der Waals surface area contributed by atoms with Crippen LogP contribution in [0.5, 0.6) is 5.75 Å². The van der Waals surface area contributed by atoms with Gasteiger partial charge in [-0.1, -0.05) is 36.4 Å². The zero-order valence-electron chi connectivity index (χ0n) is 16.0. The van der Waals surface area contributed by atoms with Crippen LogP contribution in [0.25, 0.3) is 5.57 Å². The van der Waals surface area contributed by atoms with E-state index in [1.165, 1.54) is 12.1 Å². The molecule has 3 rings (SSSR count). The molecule has 0 aliphatic heterocycles. The summed E-state index contributed by atoms with van der Waals surface area (Å²) in [5, 5.41) is 39.7. The minimum absolute atomic E-state index is 0.00370. The molecule has 0 aliphatic carbocycles. The molecule has 0 aliphatic rings. The Morgan fingerprint density at radius 3 is 2.48 bits per heavy atom. The normalized spacial score (nSPS) is 12.6. The van der Waals surface area contributed by atoms with Gasteiger partial charge in [-0.15, -0.1) is 0 Å². The Morgan fingerprint density at radius 1 is 1.17 bits per heavy atom. The highest BCUT2D eigenvalue weighted by Crippen LogP contribution is 2.23. The van der Waals surface area contributed by atoms with Crippen molar-refractivity contribution >= 4 is 17.1 Å². The number of phenols is 1. The zero-order valence-corrected chi connectivity index (χ0v) is 16.0. The molecule has 1 atom stereocenters. The van der Waals surface area contributed by atoms with Gasteiger partial charge in [0.25, 0.3) is 0 Å². The third-order valence-electron chi connectivity index (χ3n) is 4.73. The van der Waals surface area contributed by atoms with Gasteiger partial charge in [0.15, 0.2) is 0 Å². The van der Waals surface area contributed by atoms with Crippen LogP contribution in [0.3, 0.4) is 0 Å². The lowest BCUT2D eigenvalue weighted by Gasteiger charge is -2.13. The first-order valence-corrected chi connectivity index (χ1v) is 9.08. The first kappa shape index (κ1) is 20.0. The van der Waals surface area contributed by atoms with Crippen molar-refractivity contribution < 1.29 is 10.2 Å². The van der Waals surface area contributed by atoms with Crippen LogP contribution in [0.15, 0.2) is 67.0 Å². The number of aliphatic hydroxyl groups is 1. The summed E-state index contributed by atoms with van der Waals surface area (Å²) in [6.45, 7) is 1.99. The average molecular weight is 389 g/mol. The molecule has 0 fully saturated rings. The average Bonchev–Trinajstić information content (AvgIpc) is 3.21. The van der Waals surface area contributed by atoms with Crippen LogP contribution < -0.4 is 5.73 Å². The third kappa shape index (κ3) is 4.41. The molecule has 7 nitrogen and oxygen atoms in total. The van der Waals surface area contributed by atoms with Crippen molar-refractivity contribution in [3.8, 4) is 5.75 Å². The summed E-state index contributed by atoms with van der Waals surface area (Å²) < 4.78 is 1.75.